The number of ether oxygens (including phenoxy) is 1. The van der Waals surface area contributed by atoms with Crippen LogP contribution in [0.15, 0.2) is 0 Å². The number of carboxylic acid groups (broad SMARTS) is 1. The summed E-state index contributed by atoms with van der Waals surface area (Å²) in [4.78, 5) is 24.9. The van der Waals surface area contributed by atoms with Crippen LogP contribution in [0, 0.1) is 0 Å². The lowest BCUT2D eigenvalue weighted by Crippen LogP contribution is -2.40. The standard InChI is InChI=1S/C14H21N3O4/c1-5-17-10-6-7-16(13(20)21-14(2,3)4)8-9(10)11(15-17)12(18)19/h5-8H2,1-4H3,(H,18,19). The zero-order valence-electron chi connectivity index (χ0n) is 12.8. The number of aromatic nitrogens is 2. The molecule has 116 valence electrons. The number of hydrogen-bond donors (Lipinski definition) is 1. The lowest BCUT2D eigenvalue weighted by Gasteiger charge is -2.30. The van der Waals surface area contributed by atoms with E-state index in [4.69, 9.17) is 4.74 Å². The van der Waals surface area contributed by atoms with Crippen LogP contribution in [0.4, 0.5) is 4.79 Å². The Morgan fingerprint density at radius 2 is 2.05 bits per heavy atom. The molecular weight excluding hydrogens is 274 g/mol. The number of carbonyl (C=O) groups excluding carboxylic acids is 1. The van der Waals surface area contributed by atoms with Gasteiger partial charge in [-0.05, 0) is 27.7 Å². The van der Waals surface area contributed by atoms with Gasteiger partial charge in [0.15, 0.2) is 5.69 Å². The molecule has 1 aliphatic rings. The van der Waals surface area contributed by atoms with Gasteiger partial charge < -0.3 is 14.7 Å². The Labute approximate surface area is 123 Å². The average Bonchev–Trinajstić information content (AvgIpc) is 2.74. The predicted molar refractivity (Wildman–Crippen MR) is 75.2 cm³/mol. The number of rotatable bonds is 2. The van der Waals surface area contributed by atoms with Crippen molar-refractivity contribution in [3.63, 3.8) is 0 Å². The van der Waals surface area contributed by atoms with Crippen LogP contribution in [-0.2, 0) is 24.2 Å². The van der Waals surface area contributed by atoms with Gasteiger partial charge in [-0.25, -0.2) is 9.59 Å². The highest BCUT2D eigenvalue weighted by Gasteiger charge is 2.31. The molecule has 0 bridgehead atoms. The van der Waals surface area contributed by atoms with Crippen LogP contribution in [0.5, 0.6) is 0 Å². The highest BCUT2D eigenvalue weighted by Crippen LogP contribution is 2.24. The van der Waals surface area contributed by atoms with E-state index in [1.165, 1.54) is 4.90 Å². The summed E-state index contributed by atoms with van der Waals surface area (Å²) in [5.74, 6) is -1.07. The molecule has 0 fully saturated rings. The van der Waals surface area contributed by atoms with Gasteiger partial charge in [0.05, 0.1) is 6.54 Å². The molecule has 0 radical (unpaired) electrons. The van der Waals surface area contributed by atoms with E-state index >= 15 is 0 Å². The van der Waals surface area contributed by atoms with Crippen LogP contribution >= 0.6 is 0 Å². The van der Waals surface area contributed by atoms with Gasteiger partial charge >= 0.3 is 12.1 Å². The van der Waals surface area contributed by atoms with Crippen LogP contribution in [-0.4, -0.2) is 44.0 Å². The minimum absolute atomic E-state index is 0.0279. The van der Waals surface area contributed by atoms with E-state index in [9.17, 15) is 14.7 Å². The molecule has 0 spiro atoms. The monoisotopic (exact) mass is 295 g/mol. The summed E-state index contributed by atoms with van der Waals surface area (Å²) in [5.41, 5.74) is 0.969. The molecule has 1 aromatic rings. The third-order valence-electron chi connectivity index (χ3n) is 3.29. The molecule has 1 aliphatic heterocycles. The lowest BCUT2D eigenvalue weighted by atomic mass is 10.1. The van der Waals surface area contributed by atoms with Crippen LogP contribution in [0.2, 0.25) is 0 Å². The van der Waals surface area contributed by atoms with Crippen molar-refractivity contribution in [2.24, 2.45) is 0 Å². The maximum absolute atomic E-state index is 12.1. The molecule has 21 heavy (non-hydrogen) atoms. The molecule has 7 heteroatoms. The number of nitrogens with zero attached hydrogens (tertiary/aromatic N) is 3. The van der Waals surface area contributed by atoms with Crippen LogP contribution in [0.1, 0.15) is 49.4 Å². The van der Waals surface area contributed by atoms with E-state index in [0.29, 0.717) is 25.1 Å². The molecule has 1 aromatic heterocycles. The first-order valence-electron chi connectivity index (χ1n) is 7.02. The second kappa shape index (κ2) is 5.38. The van der Waals surface area contributed by atoms with E-state index in [0.717, 1.165) is 5.69 Å². The normalized spacial score (nSPS) is 14.8. The topological polar surface area (TPSA) is 84.7 Å². The quantitative estimate of drug-likeness (QED) is 0.900. The van der Waals surface area contributed by atoms with Gasteiger partial charge in [0.25, 0.3) is 0 Å². The van der Waals surface area contributed by atoms with E-state index < -0.39 is 17.7 Å². The maximum Gasteiger partial charge on any atom is 0.410 e. The average molecular weight is 295 g/mol. The van der Waals surface area contributed by atoms with Crippen molar-refractivity contribution in [1.29, 1.82) is 0 Å². The molecular formula is C14H21N3O4. The summed E-state index contributed by atoms with van der Waals surface area (Å²) >= 11 is 0. The molecule has 0 aromatic carbocycles. The smallest absolute Gasteiger partial charge is 0.410 e. The van der Waals surface area contributed by atoms with Gasteiger partial charge in [-0.1, -0.05) is 0 Å². The van der Waals surface area contributed by atoms with Crippen LogP contribution < -0.4 is 0 Å². The van der Waals surface area contributed by atoms with Gasteiger partial charge in [0.1, 0.15) is 5.60 Å². The molecule has 7 nitrogen and oxygen atoms in total. The summed E-state index contributed by atoms with van der Waals surface area (Å²) in [6.45, 7) is 8.67. The van der Waals surface area contributed by atoms with Gasteiger partial charge in [-0.15, -0.1) is 0 Å². The summed E-state index contributed by atoms with van der Waals surface area (Å²) in [6, 6.07) is 0. The Hall–Kier alpha value is -2.05. The number of amides is 1. The number of hydrogen-bond acceptors (Lipinski definition) is 4. The van der Waals surface area contributed by atoms with Gasteiger partial charge in [-0.3, -0.25) is 4.68 Å². The first-order chi connectivity index (χ1) is 9.73. The van der Waals surface area contributed by atoms with Gasteiger partial charge in [0.2, 0.25) is 0 Å². The largest absolute Gasteiger partial charge is 0.476 e. The number of aromatic carboxylic acids is 1. The Morgan fingerprint density at radius 3 is 2.57 bits per heavy atom. The highest BCUT2D eigenvalue weighted by atomic mass is 16.6. The van der Waals surface area contributed by atoms with E-state index in [1.807, 2.05) is 6.92 Å². The molecule has 0 aliphatic carbocycles. The Kier molecular flexibility index (Phi) is 3.93. The molecule has 0 saturated heterocycles. The first-order valence-corrected chi connectivity index (χ1v) is 7.02. The molecule has 0 saturated carbocycles. The zero-order chi connectivity index (χ0) is 15.8. The molecule has 0 unspecified atom stereocenters. The number of carbonyl (C=O) groups is 2. The minimum Gasteiger partial charge on any atom is -0.476 e. The van der Waals surface area contributed by atoms with E-state index in [1.54, 1.807) is 25.5 Å². The highest BCUT2D eigenvalue weighted by molar-refractivity contribution is 5.87. The molecule has 2 rings (SSSR count). The van der Waals surface area contributed by atoms with Crippen molar-refractivity contribution >= 4 is 12.1 Å². The van der Waals surface area contributed by atoms with Crippen molar-refractivity contribution in [3.8, 4) is 0 Å². The van der Waals surface area contributed by atoms with Crippen molar-refractivity contribution in [1.82, 2.24) is 14.7 Å². The zero-order valence-corrected chi connectivity index (χ0v) is 12.8. The molecule has 1 N–H and O–H groups in total. The van der Waals surface area contributed by atoms with Gasteiger partial charge in [0, 0.05) is 30.8 Å². The van der Waals surface area contributed by atoms with E-state index in [-0.39, 0.29) is 12.2 Å². The van der Waals surface area contributed by atoms with Crippen molar-refractivity contribution < 1.29 is 19.4 Å². The number of carboxylic acids is 1. The molecule has 2 heterocycles. The summed E-state index contributed by atoms with van der Waals surface area (Å²) in [6.07, 6.45) is 0.164. The fourth-order valence-corrected chi connectivity index (χ4v) is 2.41. The van der Waals surface area contributed by atoms with Crippen LogP contribution in [0.25, 0.3) is 0 Å². The summed E-state index contributed by atoms with van der Waals surface area (Å²) in [5, 5.41) is 13.4. The van der Waals surface area contributed by atoms with Crippen molar-refractivity contribution in [3.05, 3.63) is 17.0 Å². The minimum atomic E-state index is -1.07. The van der Waals surface area contributed by atoms with Crippen LogP contribution in [0.3, 0.4) is 0 Å². The number of aryl methyl sites for hydroxylation is 1. The molecule has 1 amide bonds. The Bertz CT molecular complexity index is 572. The van der Waals surface area contributed by atoms with Gasteiger partial charge in [-0.2, -0.15) is 5.10 Å². The van der Waals surface area contributed by atoms with Crippen molar-refractivity contribution in [2.45, 2.75) is 52.8 Å². The Morgan fingerprint density at radius 1 is 1.38 bits per heavy atom. The van der Waals surface area contributed by atoms with E-state index in [2.05, 4.69) is 5.10 Å². The predicted octanol–water partition coefficient (Wildman–Crippen LogP) is 1.89. The third-order valence-corrected chi connectivity index (χ3v) is 3.29. The number of fused-ring (bicyclic) bond motifs is 1. The summed E-state index contributed by atoms with van der Waals surface area (Å²) in [7, 11) is 0. The fraction of sp³-hybridized carbons (Fsp3) is 0.643. The second-order valence-corrected chi connectivity index (χ2v) is 6.05. The fourth-order valence-electron chi connectivity index (χ4n) is 2.41. The third kappa shape index (κ3) is 3.17. The maximum atomic E-state index is 12.1. The summed E-state index contributed by atoms with van der Waals surface area (Å²) < 4.78 is 7.04. The molecule has 0 atom stereocenters. The first kappa shape index (κ1) is 15.3. The Balaban J connectivity index is 2.25. The van der Waals surface area contributed by atoms with Crippen molar-refractivity contribution in [2.75, 3.05) is 6.54 Å². The second-order valence-electron chi connectivity index (χ2n) is 6.05. The lowest BCUT2D eigenvalue weighted by molar-refractivity contribution is 0.0220. The SMILES string of the molecule is CCn1nc(C(=O)O)c2c1CCN(C(=O)OC(C)(C)C)C2.